The summed E-state index contributed by atoms with van der Waals surface area (Å²) in [6, 6.07) is 0. The van der Waals surface area contributed by atoms with Gasteiger partial charge in [-0.15, -0.1) is 10.2 Å². The van der Waals surface area contributed by atoms with Crippen molar-refractivity contribution in [2.45, 2.75) is 13.8 Å². The molecule has 0 aromatic heterocycles. The number of rotatable bonds is 2. The zero-order chi connectivity index (χ0) is 8.62. The maximum Gasteiger partial charge on any atom is 1.00 e. The summed E-state index contributed by atoms with van der Waals surface area (Å²) in [6.45, 7) is 5.67. The minimum atomic E-state index is -4.94. The fourth-order valence-corrected chi connectivity index (χ4v) is 0.204. The topological polar surface area (TPSA) is 101 Å². The number of hydrogen-bond donors (Lipinski definition) is 0. The first-order chi connectivity index (χ1) is 4.41. The van der Waals surface area contributed by atoms with E-state index < -0.39 is 10.2 Å². The van der Waals surface area contributed by atoms with Gasteiger partial charge in [0.1, 0.15) is 0 Å². The summed E-state index contributed by atoms with van der Waals surface area (Å²) in [7, 11) is -4.94. The van der Waals surface area contributed by atoms with Gasteiger partial charge in [0, 0.05) is 13.2 Å². The predicted molar refractivity (Wildman–Crippen MR) is 22.2 cm³/mol. The maximum absolute atomic E-state index is 8.49. The second-order valence-corrected chi connectivity index (χ2v) is 1.92. The van der Waals surface area contributed by atoms with Gasteiger partial charge in [-0.05, 0) is 13.8 Å². The Morgan fingerprint density at radius 1 is 1.00 bits per heavy atom. The minimum Gasteiger partial charge on any atom is -0.382 e. The van der Waals surface area contributed by atoms with E-state index in [-0.39, 0.29) is 18.9 Å². The average molecular weight is 181 g/mol. The molecule has 0 radical (unpaired) electrons. The first kappa shape index (κ1) is 17.7. The molecule has 7 heteroatoms. The molecule has 64 valence electrons. The Labute approximate surface area is 79.9 Å². The number of ether oxygens (including phenoxy) is 1. The smallest absolute Gasteiger partial charge is 0.382 e. The van der Waals surface area contributed by atoms with Crippen molar-refractivity contribution >= 4 is 0 Å². The summed E-state index contributed by atoms with van der Waals surface area (Å²) < 4.78 is 38.8. The van der Waals surface area contributed by atoms with Gasteiger partial charge in [-0.1, -0.05) is 0 Å². The van der Waals surface area contributed by atoms with Crippen molar-refractivity contribution in [3.05, 3.63) is 0 Å². The molecule has 0 aliphatic rings. The molecule has 0 aromatic rings. The standard InChI is InChI=1S/C4H10O.ClHO4.Li/c1-3-5-4-2;2-1(3,4)5;/h3-4H2,1-2H3;(H,2,3,4,5);/q;;+1/p-1. The van der Waals surface area contributed by atoms with Crippen LogP contribution in [0.1, 0.15) is 13.8 Å². The molecule has 0 aromatic carbocycles. The van der Waals surface area contributed by atoms with Crippen molar-refractivity contribution in [1.29, 1.82) is 0 Å². The van der Waals surface area contributed by atoms with Crippen LogP contribution in [0, 0.1) is 10.2 Å². The molecule has 11 heavy (non-hydrogen) atoms. The van der Waals surface area contributed by atoms with Crippen LogP contribution in [0.25, 0.3) is 0 Å². The first-order valence-corrected chi connectivity index (χ1v) is 3.84. The summed E-state index contributed by atoms with van der Waals surface area (Å²) >= 11 is 0. The molecule has 0 fully saturated rings. The van der Waals surface area contributed by atoms with Crippen LogP contribution in [-0.2, 0) is 4.74 Å². The van der Waals surface area contributed by atoms with Crippen LogP contribution in [0.15, 0.2) is 0 Å². The van der Waals surface area contributed by atoms with Crippen molar-refractivity contribution in [3.63, 3.8) is 0 Å². The number of hydrogen-bond acceptors (Lipinski definition) is 5. The van der Waals surface area contributed by atoms with Gasteiger partial charge in [0.25, 0.3) is 0 Å². The second-order valence-electron chi connectivity index (χ2n) is 1.16. The third-order valence-electron chi connectivity index (χ3n) is 0.408. The summed E-state index contributed by atoms with van der Waals surface area (Å²) in [5.74, 6) is 0. The summed E-state index contributed by atoms with van der Waals surface area (Å²) in [5, 5.41) is 0. The SMILES string of the molecule is CCOCC.[Li+].[O-][Cl+3]([O-])([O-])[O-]. The van der Waals surface area contributed by atoms with Crippen LogP contribution >= 0.6 is 0 Å². The Morgan fingerprint density at radius 2 is 1.18 bits per heavy atom. The van der Waals surface area contributed by atoms with Gasteiger partial charge in [-0.25, -0.2) is 18.6 Å². The van der Waals surface area contributed by atoms with E-state index in [1.807, 2.05) is 13.8 Å². The second kappa shape index (κ2) is 10.7. The quantitative estimate of drug-likeness (QED) is 0.393. The zero-order valence-electron chi connectivity index (χ0n) is 6.83. The van der Waals surface area contributed by atoms with Crippen molar-refractivity contribution in [1.82, 2.24) is 0 Å². The van der Waals surface area contributed by atoms with E-state index in [0.717, 1.165) is 13.2 Å². The molecule has 0 bridgehead atoms. The normalized spacial score (nSPS) is 9.27. The summed E-state index contributed by atoms with van der Waals surface area (Å²) in [6.07, 6.45) is 0. The van der Waals surface area contributed by atoms with Crippen molar-refractivity contribution < 1.29 is 52.5 Å². The Balaban J connectivity index is -0.000000107. The molecule has 0 unspecified atom stereocenters. The molecule has 0 atom stereocenters. The van der Waals surface area contributed by atoms with Crippen LogP contribution in [0.4, 0.5) is 0 Å². The van der Waals surface area contributed by atoms with Crippen LogP contribution in [-0.4, -0.2) is 13.2 Å². The van der Waals surface area contributed by atoms with E-state index in [1.165, 1.54) is 0 Å². The van der Waals surface area contributed by atoms with E-state index in [4.69, 9.17) is 23.4 Å². The van der Waals surface area contributed by atoms with Gasteiger partial charge in [-0.3, -0.25) is 0 Å². The molecule has 0 rings (SSSR count). The van der Waals surface area contributed by atoms with Crippen LogP contribution in [0.2, 0.25) is 0 Å². The zero-order valence-corrected chi connectivity index (χ0v) is 7.59. The first-order valence-electron chi connectivity index (χ1n) is 2.61. The molecule has 0 spiro atoms. The molecule has 0 amide bonds. The van der Waals surface area contributed by atoms with Gasteiger partial charge >= 0.3 is 18.9 Å². The molecule has 0 N–H and O–H groups in total. The Bertz CT molecular complexity index is 58.0. The fraction of sp³-hybridized carbons (Fsp3) is 1.00. The van der Waals surface area contributed by atoms with Crippen LogP contribution in [0.5, 0.6) is 0 Å². The molecule has 0 saturated heterocycles. The third kappa shape index (κ3) is 112. The van der Waals surface area contributed by atoms with Gasteiger partial charge < -0.3 is 4.74 Å². The molecular weight excluding hydrogens is 170 g/mol. The van der Waals surface area contributed by atoms with Crippen molar-refractivity contribution in [3.8, 4) is 0 Å². The average Bonchev–Trinajstić information content (AvgIpc) is 1.63. The Hall–Kier alpha value is 0.687. The van der Waals surface area contributed by atoms with Gasteiger partial charge in [0.2, 0.25) is 0 Å². The Morgan fingerprint density at radius 3 is 1.18 bits per heavy atom. The number of halogens is 1. The molecule has 0 saturated carbocycles. The Kier molecular flexibility index (Phi) is 17.2. The van der Waals surface area contributed by atoms with E-state index in [1.54, 1.807) is 0 Å². The van der Waals surface area contributed by atoms with Crippen molar-refractivity contribution in [2.75, 3.05) is 13.2 Å². The van der Waals surface area contributed by atoms with Crippen LogP contribution in [0.3, 0.4) is 0 Å². The van der Waals surface area contributed by atoms with E-state index in [0.29, 0.717) is 0 Å². The third-order valence-corrected chi connectivity index (χ3v) is 0.408. The minimum absolute atomic E-state index is 0. The van der Waals surface area contributed by atoms with Gasteiger partial charge in [-0.2, -0.15) is 0 Å². The van der Waals surface area contributed by atoms with E-state index in [9.17, 15) is 0 Å². The fourth-order valence-electron chi connectivity index (χ4n) is 0.204. The van der Waals surface area contributed by atoms with Gasteiger partial charge in [0.05, 0.1) is 0 Å². The molecule has 0 aliphatic carbocycles. The molecule has 0 aliphatic heterocycles. The van der Waals surface area contributed by atoms with E-state index in [2.05, 4.69) is 0 Å². The maximum atomic E-state index is 8.49. The van der Waals surface area contributed by atoms with Gasteiger partial charge in [0.15, 0.2) is 0 Å². The van der Waals surface area contributed by atoms with E-state index >= 15 is 0 Å². The largest absolute Gasteiger partial charge is 1.00 e. The predicted octanol–water partition coefficient (Wildman–Crippen LogP) is -6.71. The summed E-state index contributed by atoms with van der Waals surface area (Å²) in [4.78, 5) is 0. The summed E-state index contributed by atoms with van der Waals surface area (Å²) in [5.41, 5.74) is 0. The van der Waals surface area contributed by atoms with Crippen LogP contribution < -0.4 is 37.5 Å². The van der Waals surface area contributed by atoms with Crippen molar-refractivity contribution in [2.24, 2.45) is 0 Å². The molecular formula is C4H10ClLiO5. The monoisotopic (exact) mass is 180 g/mol. The molecule has 0 heterocycles. The molecule has 5 nitrogen and oxygen atoms in total.